The molecule has 0 amide bonds. The van der Waals surface area contributed by atoms with E-state index in [1.165, 1.54) is 12.1 Å². The number of fused-ring (bicyclic) bond motifs is 1. The Kier molecular flexibility index (Phi) is 4.54. The first-order valence-corrected chi connectivity index (χ1v) is 9.20. The first kappa shape index (κ1) is 19.0. The van der Waals surface area contributed by atoms with Gasteiger partial charge in [0, 0.05) is 11.5 Å². The maximum atomic E-state index is 13.7. The Morgan fingerprint density at radius 3 is 2.59 bits per heavy atom. The molecule has 0 radical (unpaired) electrons. The molecule has 1 atom stereocenters. The highest BCUT2D eigenvalue weighted by Gasteiger charge is 2.46. The second-order valence-electron chi connectivity index (χ2n) is 6.21. The number of Topliss-reactive ketones (excluding diaryl/α,β-unsaturated/α-hetero) is 1. The second kappa shape index (κ2) is 6.93. The molecule has 1 aromatic carbocycles. The number of hydrogen-bond acceptors (Lipinski definition) is 6. The molecule has 29 heavy (non-hydrogen) atoms. The Morgan fingerprint density at radius 2 is 1.90 bits per heavy atom. The highest BCUT2D eigenvalue weighted by Crippen LogP contribution is 2.42. The van der Waals surface area contributed by atoms with Gasteiger partial charge in [-0.15, -0.1) is 11.3 Å². The molecule has 2 aromatic heterocycles. The number of ketones is 1. The fourth-order valence-electron chi connectivity index (χ4n) is 3.14. The van der Waals surface area contributed by atoms with E-state index in [4.69, 9.17) is 14.9 Å². The van der Waals surface area contributed by atoms with Gasteiger partial charge in [0.2, 0.25) is 11.5 Å². The fourth-order valence-corrected chi connectivity index (χ4v) is 3.82. The molecule has 0 saturated carbocycles. The first-order chi connectivity index (χ1) is 13.8. The molecular weight excluding hydrogens is 407 g/mol. The molecule has 5 nitrogen and oxygen atoms in total. The number of para-hydroxylation sites is 1. The molecule has 0 bridgehead atoms. The second-order valence-corrected chi connectivity index (χ2v) is 7.16. The van der Waals surface area contributed by atoms with E-state index in [1.807, 2.05) is 0 Å². The summed E-state index contributed by atoms with van der Waals surface area (Å²) in [5.41, 5.74) is 4.42. The molecule has 148 valence electrons. The van der Waals surface area contributed by atoms with Crippen molar-refractivity contribution >= 4 is 28.1 Å². The summed E-state index contributed by atoms with van der Waals surface area (Å²) in [7, 11) is 0. The number of allylic oxidation sites excluding steroid dienone is 3. The number of rotatable bonds is 3. The lowest BCUT2D eigenvalue weighted by Crippen LogP contribution is -2.30. The topological polar surface area (TPSA) is 82.5 Å². The number of carbonyl (C=O) groups excluding carboxylic acids is 1. The van der Waals surface area contributed by atoms with Gasteiger partial charge in [-0.25, -0.2) is 0 Å². The van der Waals surface area contributed by atoms with E-state index >= 15 is 0 Å². The van der Waals surface area contributed by atoms with Gasteiger partial charge in [0.25, 0.3) is 0 Å². The van der Waals surface area contributed by atoms with E-state index in [0.717, 1.165) is 23.7 Å². The van der Waals surface area contributed by atoms with Crippen molar-refractivity contribution < 1.29 is 27.1 Å². The lowest BCUT2D eigenvalue weighted by molar-refractivity contribution is -0.126. The Balaban J connectivity index is 1.98. The third kappa shape index (κ3) is 3.33. The van der Waals surface area contributed by atoms with Crippen molar-refractivity contribution in [2.75, 3.05) is 0 Å². The van der Waals surface area contributed by atoms with Crippen molar-refractivity contribution in [1.29, 1.82) is 0 Å². The standard InChI is InChI=1S/C20H12F3NO4S/c21-20(22,23)19-16(18(26)14-6-3-7-29-14)11(8-15(24)28-19)12-9-27-13-5-2-1-4-10(13)17(12)25/h1-9,11H,24H2. The quantitative estimate of drug-likeness (QED) is 0.634. The Hall–Kier alpha value is -3.33. The zero-order chi connectivity index (χ0) is 20.8. The van der Waals surface area contributed by atoms with Gasteiger partial charge in [0.15, 0.2) is 11.3 Å². The number of thiophene rings is 1. The van der Waals surface area contributed by atoms with Crippen molar-refractivity contribution in [3.63, 3.8) is 0 Å². The predicted molar refractivity (Wildman–Crippen MR) is 100 cm³/mol. The Labute approximate surface area is 165 Å². The van der Waals surface area contributed by atoms with Crippen LogP contribution < -0.4 is 11.2 Å². The average molecular weight is 419 g/mol. The molecule has 2 N–H and O–H groups in total. The summed E-state index contributed by atoms with van der Waals surface area (Å²) in [5.74, 6) is -4.37. The number of nitrogens with two attached hydrogens (primary N) is 1. The normalized spacial score (nSPS) is 17.2. The molecule has 1 aliphatic rings. The molecule has 4 rings (SSSR count). The third-order valence-corrected chi connectivity index (χ3v) is 5.26. The molecule has 1 aliphatic heterocycles. The van der Waals surface area contributed by atoms with Crippen molar-refractivity contribution in [3.8, 4) is 0 Å². The maximum absolute atomic E-state index is 13.7. The van der Waals surface area contributed by atoms with Crippen molar-refractivity contribution in [1.82, 2.24) is 0 Å². The first-order valence-electron chi connectivity index (χ1n) is 8.32. The van der Waals surface area contributed by atoms with Crippen LogP contribution in [0.4, 0.5) is 13.2 Å². The lowest BCUT2D eigenvalue weighted by atomic mass is 9.86. The third-order valence-electron chi connectivity index (χ3n) is 4.40. The van der Waals surface area contributed by atoms with Crippen LogP contribution >= 0.6 is 11.3 Å². The maximum Gasteiger partial charge on any atom is 0.450 e. The van der Waals surface area contributed by atoms with E-state index in [-0.39, 0.29) is 21.4 Å². The Bertz CT molecular complexity index is 1220. The van der Waals surface area contributed by atoms with E-state index in [9.17, 15) is 22.8 Å². The van der Waals surface area contributed by atoms with Crippen molar-refractivity contribution in [3.05, 3.63) is 92.0 Å². The van der Waals surface area contributed by atoms with Crippen LogP contribution in [0.3, 0.4) is 0 Å². The van der Waals surface area contributed by atoms with Gasteiger partial charge in [-0.2, -0.15) is 13.2 Å². The largest absolute Gasteiger partial charge is 0.464 e. The summed E-state index contributed by atoms with van der Waals surface area (Å²) in [6.07, 6.45) is -2.83. The number of benzene rings is 1. The molecule has 3 heterocycles. The molecular formula is C20H12F3NO4S. The minimum Gasteiger partial charge on any atom is -0.464 e. The van der Waals surface area contributed by atoms with E-state index < -0.39 is 40.5 Å². The molecule has 1 unspecified atom stereocenters. The van der Waals surface area contributed by atoms with Gasteiger partial charge in [-0.3, -0.25) is 9.59 Å². The van der Waals surface area contributed by atoms with Gasteiger partial charge in [-0.1, -0.05) is 18.2 Å². The highest BCUT2D eigenvalue weighted by molar-refractivity contribution is 7.12. The van der Waals surface area contributed by atoms with E-state index in [0.29, 0.717) is 0 Å². The summed E-state index contributed by atoms with van der Waals surface area (Å²) in [6, 6.07) is 9.25. The summed E-state index contributed by atoms with van der Waals surface area (Å²) in [5, 5.41) is 1.74. The average Bonchev–Trinajstić information content (AvgIpc) is 3.21. The smallest absolute Gasteiger partial charge is 0.450 e. The van der Waals surface area contributed by atoms with Crippen molar-refractivity contribution in [2.24, 2.45) is 5.73 Å². The SMILES string of the molecule is NC1=CC(c2coc3ccccc3c2=O)C(C(=O)c2cccs2)=C(C(F)(F)F)O1. The van der Waals surface area contributed by atoms with Crippen LogP contribution in [0.5, 0.6) is 0 Å². The van der Waals surface area contributed by atoms with Crippen LogP contribution in [-0.2, 0) is 4.74 Å². The number of halogens is 3. The molecule has 0 fully saturated rings. The van der Waals surface area contributed by atoms with Gasteiger partial charge < -0.3 is 14.9 Å². The van der Waals surface area contributed by atoms with Gasteiger partial charge >= 0.3 is 6.18 Å². The number of hydrogen-bond donors (Lipinski definition) is 1. The van der Waals surface area contributed by atoms with Crippen LogP contribution in [0, 0.1) is 0 Å². The predicted octanol–water partition coefficient (Wildman–Crippen LogP) is 4.47. The fraction of sp³-hybridized carbons (Fsp3) is 0.100. The zero-order valence-corrected chi connectivity index (χ0v) is 15.3. The van der Waals surface area contributed by atoms with Gasteiger partial charge in [0.1, 0.15) is 5.58 Å². The molecule has 3 aromatic rings. The summed E-state index contributed by atoms with van der Waals surface area (Å²) in [4.78, 5) is 26.0. The van der Waals surface area contributed by atoms with Crippen LogP contribution in [0.1, 0.15) is 21.2 Å². The van der Waals surface area contributed by atoms with E-state index in [1.54, 1.807) is 29.6 Å². The number of alkyl halides is 3. The summed E-state index contributed by atoms with van der Waals surface area (Å²) < 4.78 is 51.2. The Morgan fingerprint density at radius 1 is 1.14 bits per heavy atom. The summed E-state index contributed by atoms with van der Waals surface area (Å²) >= 11 is 0.982. The molecule has 0 saturated heterocycles. The van der Waals surface area contributed by atoms with Crippen LogP contribution in [0.15, 0.2) is 80.5 Å². The molecule has 0 spiro atoms. The number of carbonyl (C=O) groups is 1. The minimum atomic E-state index is -4.99. The van der Waals surface area contributed by atoms with Crippen LogP contribution in [0.2, 0.25) is 0 Å². The number of ether oxygens (including phenoxy) is 1. The minimum absolute atomic E-state index is 0.0781. The lowest BCUT2D eigenvalue weighted by Gasteiger charge is -2.26. The van der Waals surface area contributed by atoms with Gasteiger partial charge in [0.05, 0.1) is 22.1 Å². The molecule has 9 heteroatoms. The monoisotopic (exact) mass is 419 g/mol. The van der Waals surface area contributed by atoms with Crippen LogP contribution in [0.25, 0.3) is 11.0 Å². The van der Waals surface area contributed by atoms with E-state index in [2.05, 4.69) is 0 Å². The van der Waals surface area contributed by atoms with Crippen molar-refractivity contribution in [2.45, 2.75) is 12.1 Å². The van der Waals surface area contributed by atoms with Crippen LogP contribution in [-0.4, -0.2) is 12.0 Å². The van der Waals surface area contributed by atoms with Gasteiger partial charge in [-0.05, 0) is 29.7 Å². The molecule has 0 aliphatic carbocycles. The zero-order valence-electron chi connectivity index (χ0n) is 14.5. The summed E-state index contributed by atoms with van der Waals surface area (Å²) in [6.45, 7) is 0. The highest BCUT2D eigenvalue weighted by atomic mass is 32.1.